The predicted molar refractivity (Wildman–Crippen MR) is 52.1 cm³/mol. The van der Waals surface area contributed by atoms with E-state index in [2.05, 4.69) is 15.1 Å². The summed E-state index contributed by atoms with van der Waals surface area (Å²) in [6, 6.07) is 0.637. The smallest absolute Gasteiger partial charge is 0.316 e. The Labute approximate surface area is 94.1 Å². The first-order valence-electron chi connectivity index (χ1n) is 4.62. The van der Waals surface area contributed by atoms with Gasteiger partial charge in [-0.15, -0.1) is 0 Å². The Hall–Kier alpha value is -1.96. The maximum Gasteiger partial charge on any atom is 0.407 e. The Kier molecular flexibility index (Phi) is 2.80. The molecule has 2 heterocycles. The maximum atomic E-state index is 12.3. The lowest BCUT2D eigenvalue weighted by molar-refractivity contribution is -0.149. The van der Waals surface area contributed by atoms with E-state index in [1.807, 2.05) is 0 Å². The molecule has 0 aliphatic rings. The number of aromatic nitrogens is 4. The molecule has 0 aromatic carbocycles. The van der Waals surface area contributed by atoms with Gasteiger partial charge in [0, 0.05) is 6.20 Å². The SMILES string of the molecule is NC(c1ccc(-n2cncn2)nc1)C(F)(F)F. The lowest BCUT2D eigenvalue weighted by Gasteiger charge is -2.15. The summed E-state index contributed by atoms with van der Waals surface area (Å²) in [5.41, 5.74) is 4.95. The average Bonchev–Trinajstić information content (AvgIpc) is 2.80. The van der Waals surface area contributed by atoms with Crippen LogP contribution in [0.25, 0.3) is 5.82 Å². The van der Waals surface area contributed by atoms with E-state index in [4.69, 9.17) is 5.73 Å². The van der Waals surface area contributed by atoms with Gasteiger partial charge in [-0.2, -0.15) is 18.3 Å². The third-order valence-electron chi connectivity index (χ3n) is 2.14. The van der Waals surface area contributed by atoms with Gasteiger partial charge in [0.2, 0.25) is 0 Å². The van der Waals surface area contributed by atoms with E-state index in [0.717, 1.165) is 6.20 Å². The highest BCUT2D eigenvalue weighted by Crippen LogP contribution is 2.29. The summed E-state index contributed by atoms with van der Waals surface area (Å²) in [4.78, 5) is 7.54. The topological polar surface area (TPSA) is 69.6 Å². The zero-order chi connectivity index (χ0) is 12.5. The average molecular weight is 243 g/mol. The molecule has 1 unspecified atom stereocenters. The molecule has 8 heteroatoms. The van der Waals surface area contributed by atoms with Crippen LogP contribution in [0, 0.1) is 0 Å². The van der Waals surface area contributed by atoms with Crippen molar-refractivity contribution in [3.63, 3.8) is 0 Å². The molecule has 0 saturated heterocycles. The molecule has 2 aromatic rings. The van der Waals surface area contributed by atoms with Gasteiger partial charge in [-0.05, 0) is 11.6 Å². The molecule has 0 saturated carbocycles. The van der Waals surface area contributed by atoms with Crippen LogP contribution in [0.1, 0.15) is 11.6 Å². The molecule has 0 radical (unpaired) electrons. The highest BCUT2D eigenvalue weighted by Gasteiger charge is 2.37. The first kappa shape index (κ1) is 11.5. The zero-order valence-electron chi connectivity index (χ0n) is 8.46. The second kappa shape index (κ2) is 4.13. The van der Waals surface area contributed by atoms with E-state index in [-0.39, 0.29) is 5.56 Å². The summed E-state index contributed by atoms with van der Waals surface area (Å²) >= 11 is 0. The van der Waals surface area contributed by atoms with Crippen molar-refractivity contribution in [1.29, 1.82) is 0 Å². The highest BCUT2D eigenvalue weighted by molar-refractivity contribution is 5.26. The van der Waals surface area contributed by atoms with Crippen LogP contribution in [0.3, 0.4) is 0 Å². The van der Waals surface area contributed by atoms with Crippen molar-refractivity contribution in [2.75, 3.05) is 0 Å². The van der Waals surface area contributed by atoms with Gasteiger partial charge in [-0.3, -0.25) is 0 Å². The Morgan fingerprint density at radius 1 is 1.29 bits per heavy atom. The number of nitrogens with zero attached hydrogens (tertiary/aromatic N) is 4. The van der Waals surface area contributed by atoms with Crippen LogP contribution in [0.4, 0.5) is 13.2 Å². The number of alkyl halides is 3. The summed E-state index contributed by atoms with van der Waals surface area (Å²) in [6.45, 7) is 0. The predicted octanol–water partition coefficient (Wildman–Crippen LogP) is 1.22. The van der Waals surface area contributed by atoms with Crippen molar-refractivity contribution in [2.45, 2.75) is 12.2 Å². The molecule has 90 valence electrons. The molecular formula is C9H8F3N5. The summed E-state index contributed by atoms with van der Waals surface area (Å²) in [7, 11) is 0. The van der Waals surface area contributed by atoms with E-state index in [1.54, 1.807) is 0 Å². The van der Waals surface area contributed by atoms with Crippen LogP contribution in [-0.2, 0) is 0 Å². The van der Waals surface area contributed by atoms with Crippen LogP contribution in [0.2, 0.25) is 0 Å². The van der Waals surface area contributed by atoms with Gasteiger partial charge in [-0.1, -0.05) is 6.07 Å². The number of nitrogens with two attached hydrogens (primary N) is 1. The van der Waals surface area contributed by atoms with Crippen LogP contribution >= 0.6 is 0 Å². The lowest BCUT2D eigenvalue weighted by Crippen LogP contribution is -2.28. The Balaban J connectivity index is 2.25. The van der Waals surface area contributed by atoms with Crippen molar-refractivity contribution in [3.05, 3.63) is 36.5 Å². The van der Waals surface area contributed by atoms with E-state index >= 15 is 0 Å². The lowest BCUT2D eigenvalue weighted by atomic mass is 10.1. The Morgan fingerprint density at radius 3 is 2.53 bits per heavy atom. The van der Waals surface area contributed by atoms with Crippen molar-refractivity contribution < 1.29 is 13.2 Å². The molecule has 0 aliphatic carbocycles. The summed E-state index contributed by atoms with van der Waals surface area (Å²) in [5.74, 6) is 0.376. The molecule has 0 fully saturated rings. The van der Waals surface area contributed by atoms with E-state index in [9.17, 15) is 13.2 Å². The van der Waals surface area contributed by atoms with Gasteiger partial charge < -0.3 is 5.73 Å². The number of halogens is 3. The normalized spacial score (nSPS) is 13.6. The van der Waals surface area contributed by atoms with Gasteiger partial charge in [0.25, 0.3) is 0 Å². The van der Waals surface area contributed by atoms with Gasteiger partial charge in [-0.25, -0.2) is 14.6 Å². The summed E-state index contributed by atoms with van der Waals surface area (Å²) in [6.07, 6.45) is -0.700. The molecular weight excluding hydrogens is 235 g/mol. The van der Waals surface area contributed by atoms with Crippen LogP contribution in [0.15, 0.2) is 31.0 Å². The molecule has 2 aromatic heterocycles. The van der Waals surface area contributed by atoms with Gasteiger partial charge in [0.05, 0.1) is 0 Å². The molecule has 0 spiro atoms. The number of hydrogen-bond acceptors (Lipinski definition) is 4. The van der Waals surface area contributed by atoms with Gasteiger partial charge >= 0.3 is 6.18 Å². The van der Waals surface area contributed by atoms with Crippen molar-refractivity contribution >= 4 is 0 Å². The maximum absolute atomic E-state index is 12.3. The molecule has 0 amide bonds. The fourth-order valence-electron chi connectivity index (χ4n) is 1.23. The Morgan fingerprint density at radius 2 is 2.06 bits per heavy atom. The fraction of sp³-hybridized carbons (Fsp3) is 0.222. The molecule has 0 bridgehead atoms. The number of rotatable bonds is 2. The highest BCUT2D eigenvalue weighted by atomic mass is 19.4. The molecule has 2 rings (SSSR count). The first-order chi connectivity index (χ1) is 7.98. The van der Waals surface area contributed by atoms with Crippen molar-refractivity contribution in [2.24, 2.45) is 5.73 Å². The number of pyridine rings is 1. The van der Waals surface area contributed by atoms with E-state index in [0.29, 0.717) is 5.82 Å². The van der Waals surface area contributed by atoms with Crippen LogP contribution in [0.5, 0.6) is 0 Å². The van der Waals surface area contributed by atoms with E-state index < -0.39 is 12.2 Å². The van der Waals surface area contributed by atoms with Crippen LogP contribution < -0.4 is 5.73 Å². The Bertz CT molecular complexity index is 476. The quantitative estimate of drug-likeness (QED) is 0.861. The largest absolute Gasteiger partial charge is 0.407 e. The zero-order valence-corrected chi connectivity index (χ0v) is 8.46. The summed E-state index contributed by atoms with van der Waals surface area (Å²) in [5, 5.41) is 3.80. The molecule has 17 heavy (non-hydrogen) atoms. The van der Waals surface area contributed by atoms with Gasteiger partial charge in [0.15, 0.2) is 5.82 Å². The second-order valence-electron chi connectivity index (χ2n) is 3.31. The minimum absolute atomic E-state index is 0.0960. The number of hydrogen-bond donors (Lipinski definition) is 1. The summed E-state index contributed by atoms with van der Waals surface area (Å²) < 4.78 is 38.3. The standard InChI is InChI=1S/C9H8F3N5/c10-9(11,12)8(13)6-1-2-7(15-3-6)17-5-14-4-16-17/h1-5,8H,13H2. The molecule has 5 nitrogen and oxygen atoms in total. The van der Waals surface area contributed by atoms with E-state index in [1.165, 1.54) is 29.5 Å². The second-order valence-corrected chi connectivity index (χ2v) is 3.31. The van der Waals surface area contributed by atoms with Crippen LogP contribution in [-0.4, -0.2) is 25.9 Å². The monoisotopic (exact) mass is 243 g/mol. The third-order valence-corrected chi connectivity index (χ3v) is 2.14. The first-order valence-corrected chi connectivity index (χ1v) is 4.62. The molecule has 0 aliphatic heterocycles. The van der Waals surface area contributed by atoms with Crippen molar-refractivity contribution in [1.82, 2.24) is 19.7 Å². The van der Waals surface area contributed by atoms with Gasteiger partial charge in [0.1, 0.15) is 18.7 Å². The minimum atomic E-state index is -4.48. The molecule has 2 N–H and O–H groups in total. The minimum Gasteiger partial charge on any atom is -0.316 e. The van der Waals surface area contributed by atoms with Crippen molar-refractivity contribution in [3.8, 4) is 5.82 Å². The fourth-order valence-corrected chi connectivity index (χ4v) is 1.23. The molecule has 1 atom stereocenters. The third kappa shape index (κ3) is 2.41.